The SMILES string of the molecule is COc1cccc(OC)c1C(=O)C(CC(C)CC(C)(C)C)C(=O)OCCC(C)C. The predicted octanol–water partition coefficient (Wildman–Crippen LogP) is 5.55. The van der Waals surface area contributed by atoms with E-state index in [0.29, 0.717) is 36.0 Å². The van der Waals surface area contributed by atoms with Crippen molar-refractivity contribution in [1.29, 1.82) is 0 Å². The summed E-state index contributed by atoms with van der Waals surface area (Å²) in [6.07, 6.45) is 2.10. The highest BCUT2D eigenvalue weighted by Gasteiger charge is 2.35. The van der Waals surface area contributed by atoms with Crippen molar-refractivity contribution in [3.05, 3.63) is 23.8 Å². The number of methoxy groups -OCH3 is 2. The molecule has 0 heterocycles. The van der Waals surface area contributed by atoms with E-state index in [9.17, 15) is 9.59 Å². The van der Waals surface area contributed by atoms with Crippen LogP contribution in [-0.2, 0) is 9.53 Å². The Kier molecular flexibility index (Phi) is 9.67. The van der Waals surface area contributed by atoms with Gasteiger partial charge < -0.3 is 14.2 Å². The highest BCUT2D eigenvalue weighted by atomic mass is 16.5. The first-order valence-electron chi connectivity index (χ1n) is 10.4. The molecule has 0 aliphatic heterocycles. The number of esters is 1. The van der Waals surface area contributed by atoms with E-state index in [1.165, 1.54) is 14.2 Å². The molecule has 0 aliphatic rings. The van der Waals surface area contributed by atoms with Crippen molar-refractivity contribution in [2.75, 3.05) is 20.8 Å². The van der Waals surface area contributed by atoms with E-state index in [0.717, 1.165) is 12.8 Å². The third-order valence-electron chi connectivity index (χ3n) is 4.81. The van der Waals surface area contributed by atoms with Gasteiger partial charge in [0.2, 0.25) is 0 Å². The Morgan fingerprint density at radius 1 is 1.00 bits per heavy atom. The maximum atomic E-state index is 13.5. The van der Waals surface area contributed by atoms with E-state index in [4.69, 9.17) is 14.2 Å². The lowest BCUT2D eigenvalue weighted by atomic mass is 9.80. The molecule has 0 amide bonds. The second-order valence-electron chi connectivity index (χ2n) is 9.41. The highest BCUT2D eigenvalue weighted by molar-refractivity contribution is 6.11. The highest BCUT2D eigenvalue weighted by Crippen LogP contribution is 2.34. The average Bonchev–Trinajstić information content (AvgIpc) is 2.62. The van der Waals surface area contributed by atoms with Gasteiger partial charge in [-0.15, -0.1) is 0 Å². The molecule has 1 rings (SSSR count). The van der Waals surface area contributed by atoms with Crippen LogP contribution in [0, 0.1) is 23.2 Å². The second-order valence-corrected chi connectivity index (χ2v) is 9.41. The van der Waals surface area contributed by atoms with Crippen LogP contribution in [0.15, 0.2) is 18.2 Å². The van der Waals surface area contributed by atoms with E-state index in [1.807, 2.05) is 0 Å². The summed E-state index contributed by atoms with van der Waals surface area (Å²) in [6, 6.07) is 5.16. The van der Waals surface area contributed by atoms with E-state index in [-0.39, 0.29) is 17.1 Å². The Bertz CT molecular complexity index is 650. The largest absolute Gasteiger partial charge is 0.496 e. The summed E-state index contributed by atoms with van der Waals surface area (Å²) >= 11 is 0. The van der Waals surface area contributed by atoms with Crippen molar-refractivity contribution >= 4 is 11.8 Å². The summed E-state index contributed by atoms with van der Waals surface area (Å²) in [5.41, 5.74) is 0.405. The quantitative estimate of drug-likeness (QED) is 0.274. The molecule has 0 saturated carbocycles. The maximum Gasteiger partial charge on any atom is 0.316 e. The molecule has 0 radical (unpaired) electrons. The number of carbonyl (C=O) groups excluding carboxylic acids is 2. The lowest BCUT2D eigenvalue weighted by molar-refractivity contribution is -0.147. The first-order valence-corrected chi connectivity index (χ1v) is 10.4. The molecule has 0 saturated heterocycles. The van der Waals surface area contributed by atoms with Crippen LogP contribution in [0.4, 0.5) is 0 Å². The van der Waals surface area contributed by atoms with Crippen LogP contribution in [-0.4, -0.2) is 32.6 Å². The number of Topliss-reactive ketones (excluding diaryl/α,β-unsaturated/α-hetero) is 1. The molecule has 164 valence electrons. The molecular weight excluding hydrogens is 368 g/mol. The number of rotatable bonds is 11. The van der Waals surface area contributed by atoms with Crippen molar-refractivity contribution in [3.8, 4) is 11.5 Å². The molecule has 1 aromatic carbocycles. The smallest absolute Gasteiger partial charge is 0.316 e. The molecule has 0 aromatic heterocycles. The summed E-state index contributed by atoms with van der Waals surface area (Å²) in [6.45, 7) is 13.0. The van der Waals surface area contributed by atoms with Crippen molar-refractivity contribution in [3.63, 3.8) is 0 Å². The first-order chi connectivity index (χ1) is 13.5. The van der Waals surface area contributed by atoms with E-state index < -0.39 is 11.9 Å². The molecule has 0 bridgehead atoms. The van der Waals surface area contributed by atoms with Crippen LogP contribution in [0.2, 0.25) is 0 Å². The van der Waals surface area contributed by atoms with Crippen molar-refractivity contribution in [2.24, 2.45) is 23.2 Å². The minimum atomic E-state index is -0.885. The molecule has 5 heteroatoms. The van der Waals surface area contributed by atoms with Crippen LogP contribution in [0.25, 0.3) is 0 Å². The summed E-state index contributed by atoms with van der Waals surface area (Å²) in [5.74, 6) is -0.257. The Balaban J connectivity index is 3.19. The van der Waals surface area contributed by atoms with Gasteiger partial charge in [-0.1, -0.05) is 47.6 Å². The summed E-state index contributed by atoms with van der Waals surface area (Å²) in [7, 11) is 3.01. The molecule has 0 aliphatic carbocycles. The van der Waals surface area contributed by atoms with Gasteiger partial charge in [0.1, 0.15) is 23.0 Å². The average molecular weight is 407 g/mol. The Morgan fingerprint density at radius 2 is 1.55 bits per heavy atom. The molecule has 29 heavy (non-hydrogen) atoms. The summed E-state index contributed by atoms with van der Waals surface area (Å²) < 4.78 is 16.3. The van der Waals surface area contributed by atoms with E-state index in [1.54, 1.807) is 18.2 Å². The fraction of sp³-hybridized carbons (Fsp3) is 0.667. The fourth-order valence-electron chi connectivity index (χ4n) is 3.61. The predicted molar refractivity (Wildman–Crippen MR) is 116 cm³/mol. The standard InChI is InChI=1S/C24H38O5/c1-16(2)12-13-29-23(26)18(14-17(3)15-24(4,5)6)22(25)21-19(27-7)10-9-11-20(21)28-8/h9-11,16-18H,12-15H2,1-8H3. The van der Waals surface area contributed by atoms with Gasteiger partial charge in [-0.25, -0.2) is 0 Å². The second kappa shape index (κ2) is 11.2. The topological polar surface area (TPSA) is 61.8 Å². The van der Waals surface area contributed by atoms with Crippen LogP contribution in [0.5, 0.6) is 11.5 Å². The molecule has 2 atom stereocenters. The lowest BCUT2D eigenvalue weighted by Crippen LogP contribution is -2.30. The third kappa shape index (κ3) is 8.08. The van der Waals surface area contributed by atoms with Gasteiger partial charge in [-0.05, 0) is 48.6 Å². The van der Waals surface area contributed by atoms with Crippen LogP contribution < -0.4 is 9.47 Å². The van der Waals surface area contributed by atoms with Gasteiger partial charge in [-0.3, -0.25) is 9.59 Å². The monoisotopic (exact) mass is 406 g/mol. The summed E-state index contributed by atoms with van der Waals surface area (Å²) in [4.78, 5) is 26.4. The van der Waals surface area contributed by atoms with Gasteiger partial charge >= 0.3 is 5.97 Å². The van der Waals surface area contributed by atoms with Gasteiger partial charge in [-0.2, -0.15) is 0 Å². The van der Waals surface area contributed by atoms with E-state index in [2.05, 4.69) is 41.5 Å². The number of ether oxygens (including phenoxy) is 3. The molecule has 0 spiro atoms. The zero-order valence-electron chi connectivity index (χ0n) is 19.3. The molecule has 5 nitrogen and oxygen atoms in total. The number of hydrogen-bond donors (Lipinski definition) is 0. The number of benzene rings is 1. The molecular formula is C24H38O5. The minimum absolute atomic E-state index is 0.108. The Morgan fingerprint density at radius 3 is 2.00 bits per heavy atom. The van der Waals surface area contributed by atoms with Crippen molar-refractivity contribution < 1.29 is 23.8 Å². The molecule has 2 unspecified atom stereocenters. The maximum absolute atomic E-state index is 13.5. The van der Waals surface area contributed by atoms with E-state index >= 15 is 0 Å². The first kappa shape index (κ1) is 25.0. The molecule has 1 aromatic rings. The molecule has 0 fully saturated rings. The number of carbonyl (C=O) groups is 2. The van der Waals surface area contributed by atoms with Crippen molar-refractivity contribution in [1.82, 2.24) is 0 Å². The van der Waals surface area contributed by atoms with Crippen LogP contribution in [0.3, 0.4) is 0 Å². The number of hydrogen-bond acceptors (Lipinski definition) is 5. The molecule has 0 N–H and O–H groups in total. The van der Waals surface area contributed by atoms with Crippen LogP contribution in [0.1, 0.15) is 71.2 Å². The zero-order valence-corrected chi connectivity index (χ0v) is 19.3. The summed E-state index contributed by atoms with van der Waals surface area (Å²) in [5, 5.41) is 0. The fourth-order valence-corrected chi connectivity index (χ4v) is 3.61. The van der Waals surface area contributed by atoms with Crippen molar-refractivity contribution in [2.45, 2.75) is 60.8 Å². The minimum Gasteiger partial charge on any atom is -0.496 e. The van der Waals surface area contributed by atoms with Gasteiger partial charge in [0.25, 0.3) is 0 Å². The Labute approximate surface area is 176 Å². The zero-order chi connectivity index (χ0) is 22.2. The number of ketones is 1. The van der Waals surface area contributed by atoms with Crippen LogP contribution >= 0.6 is 0 Å². The third-order valence-corrected chi connectivity index (χ3v) is 4.81. The lowest BCUT2D eigenvalue weighted by Gasteiger charge is -2.26. The van der Waals surface area contributed by atoms with Gasteiger partial charge in [0.15, 0.2) is 5.78 Å². The van der Waals surface area contributed by atoms with Gasteiger partial charge in [0, 0.05) is 0 Å². The Hall–Kier alpha value is -2.04. The van der Waals surface area contributed by atoms with Gasteiger partial charge in [0.05, 0.1) is 20.8 Å². The normalized spacial score (nSPS) is 13.7.